The van der Waals surface area contributed by atoms with Crippen molar-refractivity contribution in [2.75, 3.05) is 4.90 Å². The maximum atomic E-state index is 10.9. The minimum atomic E-state index is -0.922. The van der Waals surface area contributed by atoms with E-state index < -0.39 is 10.7 Å². The number of aryl methyl sites for hydroxylation is 1. The lowest BCUT2D eigenvalue weighted by Crippen LogP contribution is -2.27. The predicted octanol–water partition coefficient (Wildman–Crippen LogP) is 3.52. The first-order valence-corrected chi connectivity index (χ1v) is 4.53. The number of benzene rings is 1. The van der Waals surface area contributed by atoms with Crippen molar-refractivity contribution >= 4 is 39.6 Å². The van der Waals surface area contributed by atoms with Crippen molar-refractivity contribution in [2.45, 2.75) is 6.92 Å². The molecule has 0 aliphatic heterocycles. The number of carbonyl (C=O) groups excluding carboxylic acids is 2. The minimum Gasteiger partial charge on any atom is -0.254 e. The highest BCUT2D eigenvalue weighted by molar-refractivity contribution is 6.76. The van der Waals surface area contributed by atoms with Crippen molar-refractivity contribution in [3.05, 3.63) is 29.8 Å². The Labute approximate surface area is 91.2 Å². The van der Waals surface area contributed by atoms with Crippen molar-refractivity contribution < 1.29 is 9.59 Å². The lowest BCUT2D eigenvalue weighted by atomic mass is 10.2. The lowest BCUT2D eigenvalue weighted by Gasteiger charge is -2.13. The second kappa shape index (κ2) is 4.44. The van der Waals surface area contributed by atoms with Gasteiger partial charge in [0.2, 0.25) is 0 Å². The molecule has 0 aromatic heterocycles. The summed E-state index contributed by atoms with van der Waals surface area (Å²) in [4.78, 5) is 22.4. The van der Waals surface area contributed by atoms with E-state index in [-0.39, 0.29) is 0 Å². The van der Waals surface area contributed by atoms with E-state index in [4.69, 9.17) is 23.2 Å². The summed E-state index contributed by atoms with van der Waals surface area (Å²) >= 11 is 10.4. The molecule has 74 valence electrons. The van der Waals surface area contributed by atoms with Crippen LogP contribution in [0.3, 0.4) is 0 Å². The monoisotopic (exact) mass is 231 g/mol. The highest BCUT2D eigenvalue weighted by Gasteiger charge is 2.19. The molecule has 0 saturated heterocycles. The molecule has 3 nitrogen and oxygen atoms in total. The fraction of sp³-hybridized carbons (Fsp3) is 0.111. The quantitative estimate of drug-likeness (QED) is 0.548. The molecule has 0 atom stereocenters. The zero-order chi connectivity index (χ0) is 10.7. The van der Waals surface area contributed by atoms with E-state index in [1.165, 1.54) is 0 Å². The molecule has 0 radical (unpaired) electrons. The van der Waals surface area contributed by atoms with Crippen LogP contribution in [-0.2, 0) is 0 Å². The summed E-state index contributed by atoms with van der Waals surface area (Å²) in [5, 5.41) is -1.84. The molecule has 1 rings (SSSR count). The number of amides is 2. The van der Waals surface area contributed by atoms with Gasteiger partial charge in [-0.1, -0.05) is 17.7 Å². The van der Waals surface area contributed by atoms with Crippen molar-refractivity contribution in [1.82, 2.24) is 0 Å². The Balaban J connectivity index is 3.06. The van der Waals surface area contributed by atoms with Crippen LogP contribution >= 0.6 is 23.2 Å². The van der Waals surface area contributed by atoms with Crippen LogP contribution in [0, 0.1) is 6.92 Å². The molecule has 14 heavy (non-hydrogen) atoms. The number of carbonyl (C=O) groups is 2. The molecule has 0 aliphatic rings. The molecule has 2 amide bonds. The average Bonchev–Trinajstić information content (AvgIpc) is 2.07. The van der Waals surface area contributed by atoms with Gasteiger partial charge >= 0.3 is 10.7 Å². The maximum Gasteiger partial charge on any atom is 0.328 e. The highest BCUT2D eigenvalue weighted by atomic mass is 35.5. The largest absolute Gasteiger partial charge is 0.328 e. The Morgan fingerprint density at radius 3 is 1.86 bits per heavy atom. The topological polar surface area (TPSA) is 37.4 Å². The Kier molecular flexibility index (Phi) is 3.49. The van der Waals surface area contributed by atoms with Gasteiger partial charge in [-0.05, 0) is 42.3 Å². The van der Waals surface area contributed by atoms with Crippen LogP contribution in [0.2, 0.25) is 0 Å². The molecule has 0 fully saturated rings. The maximum absolute atomic E-state index is 10.9. The third-order valence-corrected chi connectivity index (χ3v) is 1.98. The molecule has 5 heteroatoms. The average molecular weight is 232 g/mol. The molecule has 1 aromatic rings. The summed E-state index contributed by atoms with van der Waals surface area (Å²) in [6.07, 6.45) is 0. The number of hydrogen-bond acceptors (Lipinski definition) is 2. The van der Waals surface area contributed by atoms with Crippen LogP contribution in [0.25, 0.3) is 0 Å². The van der Waals surface area contributed by atoms with E-state index in [1.54, 1.807) is 24.3 Å². The summed E-state index contributed by atoms with van der Waals surface area (Å²) in [7, 11) is 0. The molecule has 0 aliphatic carbocycles. The van der Waals surface area contributed by atoms with E-state index in [9.17, 15) is 9.59 Å². The lowest BCUT2D eigenvalue weighted by molar-refractivity contribution is 0.255. The second-order valence-electron chi connectivity index (χ2n) is 2.68. The summed E-state index contributed by atoms with van der Waals surface area (Å²) in [6.45, 7) is 1.89. The molecule has 0 bridgehead atoms. The first-order valence-electron chi connectivity index (χ1n) is 3.78. The molecule has 0 N–H and O–H groups in total. The van der Waals surface area contributed by atoms with Gasteiger partial charge < -0.3 is 0 Å². The van der Waals surface area contributed by atoms with Gasteiger partial charge in [-0.15, -0.1) is 0 Å². The predicted molar refractivity (Wildman–Crippen MR) is 56.2 cm³/mol. The van der Waals surface area contributed by atoms with Gasteiger partial charge in [-0.3, -0.25) is 9.59 Å². The SMILES string of the molecule is Cc1ccc(N(C(=O)Cl)C(=O)Cl)cc1. The van der Waals surface area contributed by atoms with Gasteiger partial charge in [-0.2, -0.15) is 0 Å². The van der Waals surface area contributed by atoms with E-state index in [2.05, 4.69) is 0 Å². The summed E-state index contributed by atoms with van der Waals surface area (Å²) < 4.78 is 0. The van der Waals surface area contributed by atoms with Crippen molar-refractivity contribution in [2.24, 2.45) is 0 Å². The number of nitrogens with zero attached hydrogens (tertiary/aromatic N) is 1. The van der Waals surface area contributed by atoms with Crippen molar-refractivity contribution in [3.63, 3.8) is 0 Å². The summed E-state index contributed by atoms with van der Waals surface area (Å²) in [6, 6.07) is 6.69. The third-order valence-electron chi connectivity index (χ3n) is 1.64. The molecule has 0 heterocycles. The van der Waals surface area contributed by atoms with Gasteiger partial charge in [-0.25, -0.2) is 4.90 Å². The normalized spacial score (nSPS) is 9.64. The Morgan fingerprint density at radius 1 is 1.07 bits per heavy atom. The van der Waals surface area contributed by atoms with Crippen LogP contribution in [0.1, 0.15) is 5.56 Å². The fourth-order valence-corrected chi connectivity index (χ4v) is 1.36. The molecule has 0 unspecified atom stereocenters. The van der Waals surface area contributed by atoms with Gasteiger partial charge in [0.25, 0.3) is 0 Å². The molecule has 1 aromatic carbocycles. The zero-order valence-electron chi connectivity index (χ0n) is 7.33. The smallest absolute Gasteiger partial charge is 0.254 e. The van der Waals surface area contributed by atoms with Crippen molar-refractivity contribution in [1.29, 1.82) is 0 Å². The fourth-order valence-electron chi connectivity index (χ4n) is 0.966. The van der Waals surface area contributed by atoms with Crippen LogP contribution in [-0.4, -0.2) is 10.7 Å². The van der Waals surface area contributed by atoms with E-state index >= 15 is 0 Å². The Bertz CT molecular complexity index is 348. The van der Waals surface area contributed by atoms with Gasteiger partial charge in [0, 0.05) is 0 Å². The summed E-state index contributed by atoms with van der Waals surface area (Å²) in [5.41, 5.74) is 1.37. The number of anilines is 1. The molecular weight excluding hydrogens is 225 g/mol. The van der Waals surface area contributed by atoms with Gasteiger partial charge in [0.05, 0.1) is 5.69 Å². The van der Waals surface area contributed by atoms with Gasteiger partial charge in [0.1, 0.15) is 0 Å². The van der Waals surface area contributed by atoms with E-state index in [0.29, 0.717) is 10.6 Å². The number of halogens is 2. The van der Waals surface area contributed by atoms with E-state index in [1.807, 2.05) is 6.92 Å². The first kappa shape index (κ1) is 11.0. The zero-order valence-corrected chi connectivity index (χ0v) is 8.84. The van der Waals surface area contributed by atoms with Crippen molar-refractivity contribution in [3.8, 4) is 0 Å². The second-order valence-corrected chi connectivity index (χ2v) is 3.32. The summed E-state index contributed by atoms with van der Waals surface area (Å²) in [5.74, 6) is 0. The number of rotatable bonds is 1. The van der Waals surface area contributed by atoms with Crippen LogP contribution < -0.4 is 4.90 Å². The first-order chi connectivity index (χ1) is 6.52. The minimum absolute atomic E-state index is 0.357. The van der Waals surface area contributed by atoms with Gasteiger partial charge in [0.15, 0.2) is 0 Å². The number of hydrogen-bond donors (Lipinski definition) is 0. The Morgan fingerprint density at radius 2 is 1.50 bits per heavy atom. The Hall–Kier alpha value is -1.06. The highest BCUT2D eigenvalue weighted by Crippen LogP contribution is 2.18. The standard InChI is InChI=1S/C9H7Cl2NO2/c1-6-2-4-7(5-3-6)12(8(10)13)9(11)14/h2-5H,1H3. The third kappa shape index (κ3) is 2.47. The van der Waals surface area contributed by atoms with Crippen LogP contribution in [0.4, 0.5) is 15.3 Å². The van der Waals surface area contributed by atoms with Crippen LogP contribution in [0.5, 0.6) is 0 Å². The molecule has 0 spiro atoms. The van der Waals surface area contributed by atoms with E-state index in [0.717, 1.165) is 5.56 Å². The molecular formula is C9H7Cl2NO2. The number of imide groups is 1. The van der Waals surface area contributed by atoms with Crippen LogP contribution in [0.15, 0.2) is 24.3 Å². The molecule has 0 saturated carbocycles.